The molecule has 1 N–H and O–H groups in total. The summed E-state index contributed by atoms with van der Waals surface area (Å²) < 4.78 is 17.3. The quantitative estimate of drug-likeness (QED) is 0.220. The number of benzene rings is 2. The molecule has 0 aliphatic carbocycles. The summed E-state index contributed by atoms with van der Waals surface area (Å²) in [5, 5.41) is 16.1. The zero-order valence-corrected chi connectivity index (χ0v) is 18.2. The normalized spacial score (nSPS) is 11.2. The van der Waals surface area contributed by atoms with Gasteiger partial charge >= 0.3 is 0 Å². The third-order valence-electron chi connectivity index (χ3n) is 4.32. The standard InChI is InChI=1S/C23H22N4O4S/c1-29-16-31-20-10-9-18(30-13-12-28)14-17(20)15-25-27(22-8-4-5-11-24-22)23-26-19-6-2-3-7-21(19)32-23/h2-11,14-15,28H,12-13,16H2,1H3. The summed E-state index contributed by atoms with van der Waals surface area (Å²) in [6, 6.07) is 18.9. The van der Waals surface area contributed by atoms with Crippen LogP contribution in [0.4, 0.5) is 10.9 Å². The number of aliphatic hydroxyl groups excluding tert-OH is 1. The van der Waals surface area contributed by atoms with E-state index >= 15 is 0 Å². The first-order valence-corrected chi connectivity index (χ1v) is 10.7. The minimum absolute atomic E-state index is 0.0730. The van der Waals surface area contributed by atoms with Gasteiger partial charge in [0.15, 0.2) is 12.6 Å². The number of fused-ring (bicyclic) bond motifs is 1. The fourth-order valence-electron chi connectivity index (χ4n) is 2.89. The molecule has 4 rings (SSSR count). The molecule has 0 bridgehead atoms. The van der Waals surface area contributed by atoms with Crippen LogP contribution in [0.25, 0.3) is 10.2 Å². The number of pyridine rings is 1. The van der Waals surface area contributed by atoms with Crippen LogP contribution in [0.15, 0.2) is 72.0 Å². The minimum Gasteiger partial charge on any atom is -0.491 e. The second-order valence-electron chi connectivity index (χ2n) is 6.53. The Morgan fingerprint density at radius 3 is 2.75 bits per heavy atom. The number of ether oxygens (including phenoxy) is 3. The van der Waals surface area contributed by atoms with Gasteiger partial charge in [0.2, 0.25) is 5.13 Å². The highest BCUT2D eigenvalue weighted by Crippen LogP contribution is 2.33. The number of thiazole rings is 1. The van der Waals surface area contributed by atoms with Crippen LogP contribution in [0.5, 0.6) is 11.5 Å². The number of aromatic nitrogens is 2. The van der Waals surface area contributed by atoms with Gasteiger partial charge < -0.3 is 19.3 Å². The maximum absolute atomic E-state index is 9.04. The Balaban J connectivity index is 1.72. The molecule has 0 spiro atoms. The maximum Gasteiger partial charge on any atom is 0.213 e. The molecule has 9 heteroatoms. The predicted molar refractivity (Wildman–Crippen MR) is 125 cm³/mol. The van der Waals surface area contributed by atoms with E-state index in [4.69, 9.17) is 24.3 Å². The van der Waals surface area contributed by atoms with Gasteiger partial charge in [0.25, 0.3) is 0 Å². The number of rotatable bonds is 10. The second kappa shape index (κ2) is 10.7. The van der Waals surface area contributed by atoms with Crippen molar-refractivity contribution in [1.82, 2.24) is 9.97 Å². The van der Waals surface area contributed by atoms with Crippen LogP contribution in [0.1, 0.15) is 5.56 Å². The summed E-state index contributed by atoms with van der Waals surface area (Å²) in [4.78, 5) is 9.16. The van der Waals surface area contributed by atoms with Gasteiger partial charge in [0.05, 0.1) is 23.0 Å². The zero-order valence-electron chi connectivity index (χ0n) is 17.4. The molecule has 2 heterocycles. The first kappa shape index (κ1) is 21.7. The SMILES string of the molecule is COCOc1ccc(OCCO)cc1C=NN(c1ccccn1)c1nc2ccccc2s1. The summed E-state index contributed by atoms with van der Waals surface area (Å²) >= 11 is 1.53. The molecular formula is C23H22N4O4S. The lowest BCUT2D eigenvalue weighted by Crippen LogP contribution is -2.11. The Morgan fingerprint density at radius 2 is 1.97 bits per heavy atom. The van der Waals surface area contributed by atoms with Crippen molar-refractivity contribution < 1.29 is 19.3 Å². The van der Waals surface area contributed by atoms with Gasteiger partial charge in [-0.2, -0.15) is 10.1 Å². The van der Waals surface area contributed by atoms with E-state index < -0.39 is 0 Å². The molecule has 0 unspecified atom stereocenters. The molecule has 4 aromatic rings. The van der Waals surface area contributed by atoms with E-state index in [9.17, 15) is 0 Å². The van der Waals surface area contributed by atoms with Crippen molar-refractivity contribution in [3.63, 3.8) is 0 Å². The highest BCUT2D eigenvalue weighted by atomic mass is 32.1. The van der Waals surface area contributed by atoms with Crippen LogP contribution in [0.2, 0.25) is 0 Å². The van der Waals surface area contributed by atoms with Crippen molar-refractivity contribution in [3.8, 4) is 11.5 Å². The van der Waals surface area contributed by atoms with Crippen molar-refractivity contribution in [2.45, 2.75) is 0 Å². The van der Waals surface area contributed by atoms with Crippen molar-refractivity contribution in [1.29, 1.82) is 0 Å². The summed E-state index contributed by atoms with van der Waals surface area (Å²) in [7, 11) is 1.56. The van der Waals surface area contributed by atoms with Crippen molar-refractivity contribution in [3.05, 3.63) is 72.4 Å². The van der Waals surface area contributed by atoms with Crippen molar-refractivity contribution in [2.24, 2.45) is 5.10 Å². The lowest BCUT2D eigenvalue weighted by atomic mass is 10.2. The molecule has 2 aromatic carbocycles. The average molecular weight is 451 g/mol. The van der Waals surface area contributed by atoms with Crippen molar-refractivity contribution >= 4 is 38.7 Å². The fourth-order valence-corrected chi connectivity index (χ4v) is 3.82. The van der Waals surface area contributed by atoms with Gasteiger partial charge in [-0.05, 0) is 42.5 Å². The number of nitrogens with zero attached hydrogens (tertiary/aromatic N) is 4. The topological polar surface area (TPSA) is 89.3 Å². The third kappa shape index (κ3) is 5.20. The first-order chi connectivity index (χ1) is 15.8. The van der Waals surface area contributed by atoms with E-state index in [2.05, 4.69) is 10.1 Å². The zero-order chi connectivity index (χ0) is 22.2. The van der Waals surface area contributed by atoms with Gasteiger partial charge in [-0.3, -0.25) is 0 Å². The summed E-state index contributed by atoms with van der Waals surface area (Å²) in [5.41, 5.74) is 1.58. The average Bonchev–Trinajstić information content (AvgIpc) is 3.26. The van der Waals surface area contributed by atoms with Crippen LogP contribution in [-0.2, 0) is 4.74 Å². The highest BCUT2D eigenvalue weighted by molar-refractivity contribution is 7.22. The van der Waals surface area contributed by atoms with E-state index in [1.807, 2.05) is 42.5 Å². The molecule has 2 aromatic heterocycles. The van der Waals surface area contributed by atoms with Crippen molar-refractivity contribution in [2.75, 3.05) is 32.1 Å². The number of hydrogen-bond donors (Lipinski definition) is 1. The molecular weight excluding hydrogens is 428 g/mol. The maximum atomic E-state index is 9.04. The number of methoxy groups -OCH3 is 1. The van der Waals surface area contributed by atoms with Crippen LogP contribution >= 0.6 is 11.3 Å². The molecule has 0 atom stereocenters. The molecule has 0 saturated carbocycles. The molecule has 8 nitrogen and oxygen atoms in total. The van der Waals surface area contributed by atoms with Gasteiger partial charge in [0.1, 0.15) is 18.1 Å². The van der Waals surface area contributed by atoms with E-state index in [1.165, 1.54) is 11.3 Å². The Hall–Kier alpha value is -3.53. The third-order valence-corrected chi connectivity index (χ3v) is 5.33. The predicted octanol–water partition coefficient (Wildman–Crippen LogP) is 4.22. The Morgan fingerprint density at radius 1 is 1.09 bits per heavy atom. The molecule has 0 saturated heterocycles. The number of para-hydroxylation sites is 1. The van der Waals surface area contributed by atoms with Gasteiger partial charge in [-0.25, -0.2) is 9.97 Å². The minimum atomic E-state index is -0.0730. The van der Waals surface area contributed by atoms with E-state index in [0.717, 1.165) is 10.2 Å². The number of aliphatic hydroxyl groups is 1. The monoisotopic (exact) mass is 450 g/mol. The molecule has 0 aliphatic rings. The summed E-state index contributed by atoms with van der Waals surface area (Å²) in [5.74, 6) is 1.81. The summed E-state index contributed by atoms with van der Waals surface area (Å²) in [6.45, 7) is 0.219. The molecule has 164 valence electrons. The lowest BCUT2D eigenvalue weighted by molar-refractivity contribution is 0.0510. The van der Waals surface area contributed by atoms with Crippen LogP contribution < -0.4 is 14.5 Å². The molecule has 0 radical (unpaired) electrons. The van der Waals surface area contributed by atoms with E-state index in [0.29, 0.717) is 28.0 Å². The number of anilines is 2. The summed E-state index contributed by atoms with van der Waals surface area (Å²) in [6.07, 6.45) is 3.37. The molecule has 0 amide bonds. The number of hydrazone groups is 1. The lowest BCUT2D eigenvalue weighted by Gasteiger charge is -2.15. The highest BCUT2D eigenvalue weighted by Gasteiger charge is 2.15. The van der Waals surface area contributed by atoms with Crippen LogP contribution in [0, 0.1) is 0 Å². The van der Waals surface area contributed by atoms with Gasteiger partial charge in [-0.15, -0.1) is 0 Å². The Labute approximate surface area is 189 Å². The number of hydrogen-bond acceptors (Lipinski definition) is 9. The van der Waals surface area contributed by atoms with E-state index in [1.54, 1.807) is 42.7 Å². The second-order valence-corrected chi connectivity index (χ2v) is 7.54. The molecule has 0 fully saturated rings. The van der Waals surface area contributed by atoms with Crippen LogP contribution in [-0.4, -0.2) is 48.4 Å². The van der Waals surface area contributed by atoms with Gasteiger partial charge in [0, 0.05) is 18.9 Å². The van der Waals surface area contributed by atoms with E-state index in [-0.39, 0.29) is 20.0 Å². The molecule has 0 aliphatic heterocycles. The Kier molecular flexibility index (Phi) is 7.23. The fraction of sp³-hybridized carbons (Fsp3) is 0.174. The molecule has 32 heavy (non-hydrogen) atoms. The largest absolute Gasteiger partial charge is 0.491 e. The first-order valence-electron chi connectivity index (χ1n) is 9.88. The Bertz CT molecular complexity index is 1150. The van der Waals surface area contributed by atoms with Crippen LogP contribution in [0.3, 0.4) is 0 Å². The van der Waals surface area contributed by atoms with Gasteiger partial charge in [-0.1, -0.05) is 29.5 Å². The smallest absolute Gasteiger partial charge is 0.213 e.